The Hall–Kier alpha value is -0.950. The van der Waals surface area contributed by atoms with E-state index in [0.29, 0.717) is 0 Å². The van der Waals surface area contributed by atoms with Crippen LogP contribution in [0.15, 0.2) is 30.3 Å². The predicted octanol–water partition coefficient (Wildman–Crippen LogP) is 1.44. The highest BCUT2D eigenvalue weighted by atomic mass is 32.3. The zero-order valence-corrected chi connectivity index (χ0v) is 9.18. The fraction of sp³-hybridized carbons (Fsp3) is 0.333. The van der Waals surface area contributed by atoms with Gasteiger partial charge in [0.15, 0.2) is 0 Å². The summed E-state index contributed by atoms with van der Waals surface area (Å²) in [4.78, 5) is 0. The van der Waals surface area contributed by atoms with Crippen molar-refractivity contribution in [3.05, 3.63) is 35.9 Å². The van der Waals surface area contributed by atoms with Crippen molar-refractivity contribution >= 4 is 10.4 Å². The molecule has 0 spiro atoms. The first-order valence-electron chi connectivity index (χ1n) is 4.35. The Labute approximate surface area is 89.5 Å². The van der Waals surface area contributed by atoms with E-state index in [4.69, 9.17) is 23.3 Å². The minimum absolute atomic E-state index is 0.209. The lowest BCUT2D eigenvalue weighted by Crippen LogP contribution is -2.07. The molecule has 5 nitrogen and oxygen atoms in total. The van der Waals surface area contributed by atoms with E-state index in [0.717, 1.165) is 6.42 Å². The van der Waals surface area contributed by atoms with E-state index in [1.165, 1.54) is 5.56 Å². The van der Waals surface area contributed by atoms with Gasteiger partial charge in [0.2, 0.25) is 0 Å². The van der Waals surface area contributed by atoms with Crippen molar-refractivity contribution in [1.82, 2.24) is 0 Å². The van der Waals surface area contributed by atoms with Crippen molar-refractivity contribution < 1.29 is 17.5 Å². The second-order valence-electron chi connectivity index (χ2n) is 2.87. The summed E-state index contributed by atoms with van der Waals surface area (Å²) in [6, 6.07) is 10.4. The Morgan fingerprint density at radius 1 is 1.27 bits per heavy atom. The monoisotopic (exact) mass is 233 g/mol. The van der Waals surface area contributed by atoms with Crippen LogP contribution in [0.3, 0.4) is 0 Å². The number of hydrogen-bond donors (Lipinski definition) is 3. The zero-order chi connectivity index (χ0) is 11.9. The second-order valence-corrected chi connectivity index (χ2v) is 3.77. The molecule has 0 aliphatic heterocycles. The van der Waals surface area contributed by atoms with Crippen molar-refractivity contribution in [2.24, 2.45) is 5.73 Å². The summed E-state index contributed by atoms with van der Waals surface area (Å²) in [6.45, 7) is 2.09. The highest BCUT2D eigenvalue weighted by Crippen LogP contribution is 2.11. The van der Waals surface area contributed by atoms with Gasteiger partial charge in [-0.3, -0.25) is 9.11 Å². The van der Waals surface area contributed by atoms with E-state index in [-0.39, 0.29) is 6.04 Å². The van der Waals surface area contributed by atoms with Gasteiger partial charge in [-0.05, 0) is 12.0 Å². The summed E-state index contributed by atoms with van der Waals surface area (Å²) in [5.74, 6) is 0. The molecular weight excluding hydrogens is 218 g/mol. The SMILES string of the molecule is CCC(N)c1ccccc1.O=S(=O)(O)O. The van der Waals surface area contributed by atoms with Crippen molar-refractivity contribution in [3.8, 4) is 0 Å². The third kappa shape index (κ3) is 9.36. The van der Waals surface area contributed by atoms with Crippen molar-refractivity contribution in [1.29, 1.82) is 0 Å². The molecule has 15 heavy (non-hydrogen) atoms. The Kier molecular flexibility index (Phi) is 6.11. The maximum Gasteiger partial charge on any atom is 0.394 e. The summed E-state index contributed by atoms with van der Waals surface area (Å²) >= 11 is 0. The molecule has 0 bridgehead atoms. The highest BCUT2D eigenvalue weighted by Gasteiger charge is 1.99. The third-order valence-electron chi connectivity index (χ3n) is 1.67. The van der Waals surface area contributed by atoms with Crippen LogP contribution in [0.25, 0.3) is 0 Å². The van der Waals surface area contributed by atoms with Crippen LogP contribution in [-0.4, -0.2) is 17.5 Å². The molecule has 1 aromatic rings. The summed E-state index contributed by atoms with van der Waals surface area (Å²) < 4.78 is 31.6. The van der Waals surface area contributed by atoms with Crippen LogP contribution in [0, 0.1) is 0 Å². The molecule has 0 aromatic heterocycles. The first-order chi connectivity index (χ1) is 6.84. The molecule has 0 heterocycles. The van der Waals surface area contributed by atoms with Gasteiger partial charge in [-0.25, -0.2) is 0 Å². The molecule has 0 saturated heterocycles. The van der Waals surface area contributed by atoms with Crippen LogP contribution in [0.4, 0.5) is 0 Å². The molecule has 1 unspecified atom stereocenters. The first kappa shape index (κ1) is 14.1. The molecule has 0 radical (unpaired) electrons. The molecule has 0 fully saturated rings. The standard InChI is InChI=1S/C9H13N.H2O4S/c1-2-9(10)8-6-4-3-5-7-8;1-5(2,3)4/h3-7,9H,2,10H2,1H3;(H2,1,2,3,4). The summed E-state index contributed by atoms with van der Waals surface area (Å²) in [7, 11) is -4.67. The van der Waals surface area contributed by atoms with Crippen LogP contribution in [-0.2, 0) is 10.4 Å². The Morgan fingerprint density at radius 2 is 1.67 bits per heavy atom. The lowest BCUT2D eigenvalue weighted by molar-refractivity contribution is 0.381. The van der Waals surface area contributed by atoms with Gasteiger partial charge >= 0.3 is 10.4 Å². The van der Waals surface area contributed by atoms with Gasteiger partial charge in [0, 0.05) is 6.04 Å². The minimum Gasteiger partial charge on any atom is -0.324 e. The maximum absolute atomic E-state index is 8.74. The number of hydrogen-bond acceptors (Lipinski definition) is 3. The molecule has 0 aliphatic carbocycles. The average Bonchev–Trinajstić information content (AvgIpc) is 2.15. The van der Waals surface area contributed by atoms with Crippen LogP contribution in [0.5, 0.6) is 0 Å². The molecular formula is C9H15NO4S. The fourth-order valence-corrected chi connectivity index (χ4v) is 0.936. The van der Waals surface area contributed by atoms with Gasteiger partial charge in [-0.2, -0.15) is 8.42 Å². The first-order valence-corrected chi connectivity index (χ1v) is 5.74. The maximum atomic E-state index is 8.74. The predicted molar refractivity (Wildman–Crippen MR) is 57.8 cm³/mol. The van der Waals surface area contributed by atoms with E-state index in [9.17, 15) is 0 Å². The van der Waals surface area contributed by atoms with Gasteiger partial charge < -0.3 is 5.73 Å². The van der Waals surface area contributed by atoms with Crippen LogP contribution < -0.4 is 5.73 Å². The normalized spacial score (nSPS) is 12.5. The highest BCUT2D eigenvalue weighted by molar-refractivity contribution is 7.79. The van der Waals surface area contributed by atoms with E-state index in [1.807, 2.05) is 18.2 Å². The van der Waals surface area contributed by atoms with E-state index in [1.54, 1.807) is 0 Å². The molecule has 86 valence electrons. The molecule has 0 saturated carbocycles. The minimum atomic E-state index is -4.67. The molecule has 1 rings (SSSR count). The Balaban J connectivity index is 0.000000336. The molecule has 1 aromatic carbocycles. The molecule has 4 N–H and O–H groups in total. The lowest BCUT2D eigenvalue weighted by atomic mass is 10.1. The quantitative estimate of drug-likeness (QED) is 0.671. The number of rotatable bonds is 2. The van der Waals surface area contributed by atoms with Gasteiger partial charge in [0.25, 0.3) is 0 Å². The van der Waals surface area contributed by atoms with E-state index >= 15 is 0 Å². The molecule has 1 atom stereocenters. The van der Waals surface area contributed by atoms with Crippen LogP contribution in [0.2, 0.25) is 0 Å². The molecule has 0 amide bonds. The zero-order valence-electron chi connectivity index (χ0n) is 8.37. The van der Waals surface area contributed by atoms with Crippen LogP contribution >= 0.6 is 0 Å². The molecule has 0 aliphatic rings. The van der Waals surface area contributed by atoms with Crippen molar-refractivity contribution in [2.45, 2.75) is 19.4 Å². The number of benzene rings is 1. The van der Waals surface area contributed by atoms with Gasteiger partial charge in [0.05, 0.1) is 0 Å². The fourth-order valence-electron chi connectivity index (χ4n) is 0.936. The third-order valence-corrected chi connectivity index (χ3v) is 1.67. The molecule has 6 heteroatoms. The smallest absolute Gasteiger partial charge is 0.324 e. The summed E-state index contributed by atoms with van der Waals surface area (Å²) in [6.07, 6.45) is 1.00. The lowest BCUT2D eigenvalue weighted by Gasteiger charge is -2.06. The van der Waals surface area contributed by atoms with Crippen molar-refractivity contribution in [2.75, 3.05) is 0 Å². The number of nitrogens with two attached hydrogens (primary N) is 1. The van der Waals surface area contributed by atoms with Crippen LogP contribution in [0.1, 0.15) is 24.9 Å². The Bertz CT molecular complexity index is 355. The average molecular weight is 233 g/mol. The topological polar surface area (TPSA) is 101 Å². The summed E-state index contributed by atoms with van der Waals surface area (Å²) in [5.41, 5.74) is 7.02. The second kappa shape index (κ2) is 6.52. The van der Waals surface area contributed by atoms with Gasteiger partial charge in [0.1, 0.15) is 0 Å². The van der Waals surface area contributed by atoms with Gasteiger partial charge in [-0.1, -0.05) is 37.3 Å². The van der Waals surface area contributed by atoms with E-state index in [2.05, 4.69) is 19.1 Å². The summed E-state index contributed by atoms with van der Waals surface area (Å²) in [5, 5.41) is 0. The van der Waals surface area contributed by atoms with Crippen molar-refractivity contribution in [3.63, 3.8) is 0 Å². The Morgan fingerprint density at radius 3 is 2.00 bits per heavy atom. The van der Waals surface area contributed by atoms with Gasteiger partial charge in [-0.15, -0.1) is 0 Å². The van der Waals surface area contributed by atoms with E-state index < -0.39 is 10.4 Å². The largest absolute Gasteiger partial charge is 0.394 e.